The Morgan fingerprint density at radius 3 is 2.57 bits per heavy atom. The van der Waals surface area contributed by atoms with E-state index in [1.165, 1.54) is 6.33 Å². The van der Waals surface area contributed by atoms with Gasteiger partial charge in [-0.1, -0.05) is 0 Å². The molecule has 14 heavy (non-hydrogen) atoms. The van der Waals surface area contributed by atoms with E-state index < -0.39 is 0 Å². The molecule has 1 unspecified atom stereocenters. The van der Waals surface area contributed by atoms with Crippen LogP contribution in [0.1, 0.15) is 24.4 Å². The molecule has 0 amide bonds. The molecule has 2 N–H and O–H groups in total. The largest absolute Gasteiger partial charge is 0.381 e. The Bertz CT molecular complexity index is 272. The van der Waals surface area contributed by atoms with Crippen molar-refractivity contribution in [3.05, 3.63) is 24.3 Å². The lowest BCUT2D eigenvalue weighted by atomic mass is 9.89. The van der Waals surface area contributed by atoms with Crippen LogP contribution in [0.25, 0.3) is 0 Å². The number of ether oxygens (including phenoxy) is 1. The molecule has 1 aromatic heterocycles. The van der Waals surface area contributed by atoms with Crippen molar-refractivity contribution in [2.75, 3.05) is 13.2 Å². The summed E-state index contributed by atoms with van der Waals surface area (Å²) in [6.45, 7) is 1.65. The first-order chi connectivity index (χ1) is 6.88. The van der Waals surface area contributed by atoms with E-state index in [0.29, 0.717) is 5.92 Å². The fraction of sp³-hybridized carbons (Fsp3) is 0.600. The molecule has 2 heterocycles. The zero-order valence-electron chi connectivity index (χ0n) is 8.10. The van der Waals surface area contributed by atoms with Crippen molar-refractivity contribution >= 4 is 0 Å². The van der Waals surface area contributed by atoms with Crippen LogP contribution in [0.15, 0.2) is 18.7 Å². The summed E-state index contributed by atoms with van der Waals surface area (Å²) < 4.78 is 5.30. The molecule has 0 spiro atoms. The lowest BCUT2D eigenvalue weighted by molar-refractivity contribution is 0.0583. The normalized spacial score (nSPS) is 20.6. The zero-order valence-corrected chi connectivity index (χ0v) is 8.10. The van der Waals surface area contributed by atoms with Gasteiger partial charge in [0.25, 0.3) is 0 Å². The molecule has 0 aromatic carbocycles. The van der Waals surface area contributed by atoms with E-state index >= 15 is 0 Å². The van der Waals surface area contributed by atoms with Gasteiger partial charge in [-0.25, -0.2) is 9.97 Å². The molecule has 1 aliphatic rings. The Kier molecular flexibility index (Phi) is 3.06. The van der Waals surface area contributed by atoms with Crippen LogP contribution in [0.5, 0.6) is 0 Å². The quantitative estimate of drug-likeness (QED) is 0.758. The third-order valence-electron chi connectivity index (χ3n) is 2.74. The molecule has 0 bridgehead atoms. The molecule has 1 atom stereocenters. The topological polar surface area (TPSA) is 61.0 Å². The molecule has 2 rings (SSSR count). The molecule has 0 aliphatic carbocycles. The predicted molar refractivity (Wildman–Crippen MR) is 52.5 cm³/mol. The maximum absolute atomic E-state index is 6.13. The van der Waals surface area contributed by atoms with Gasteiger partial charge in [0.05, 0.1) is 0 Å². The second-order valence-electron chi connectivity index (χ2n) is 3.65. The number of hydrogen-bond donors (Lipinski definition) is 1. The van der Waals surface area contributed by atoms with E-state index in [9.17, 15) is 0 Å². The van der Waals surface area contributed by atoms with Crippen LogP contribution in [0.4, 0.5) is 0 Å². The van der Waals surface area contributed by atoms with Crippen LogP contribution in [0, 0.1) is 5.92 Å². The van der Waals surface area contributed by atoms with Gasteiger partial charge in [-0.15, -0.1) is 0 Å². The number of hydrogen-bond acceptors (Lipinski definition) is 4. The van der Waals surface area contributed by atoms with Crippen LogP contribution in [-0.2, 0) is 4.74 Å². The molecular formula is C10H15N3O. The second-order valence-corrected chi connectivity index (χ2v) is 3.65. The lowest BCUT2D eigenvalue weighted by Crippen LogP contribution is -2.27. The molecule has 0 radical (unpaired) electrons. The number of nitrogens with two attached hydrogens (primary N) is 1. The minimum atomic E-state index is 0.0556. The van der Waals surface area contributed by atoms with Crippen molar-refractivity contribution in [2.24, 2.45) is 11.7 Å². The fourth-order valence-electron chi connectivity index (χ4n) is 1.83. The van der Waals surface area contributed by atoms with E-state index in [2.05, 4.69) is 9.97 Å². The first-order valence-corrected chi connectivity index (χ1v) is 4.96. The summed E-state index contributed by atoms with van der Waals surface area (Å²) in [6.07, 6.45) is 7.20. The molecule has 76 valence electrons. The monoisotopic (exact) mass is 193 g/mol. The van der Waals surface area contributed by atoms with Crippen LogP contribution in [0.2, 0.25) is 0 Å². The highest BCUT2D eigenvalue weighted by Gasteiger charge is 2.22. The molecular weight excluding hydrogens is 178 g/mol. The molecule has 1 saturated heterocycles. The highest BCUT2D eigenvalue weighted by molar-refractivity contribution is 5.09. The van der Waals surface area contributed by atoms with E-state index in [-0.39, 0.29) is 6.04 Å². The summed E-state index contributed by atoms with van der Waals surface area (Å²) in [7, 11) is 0. The average molecular weight is 193 g/mol. The molecule has 0 saturated carbocycles. The Morgan fingerprint density at radius 2 is 1.93 bits per heavy atom. The Labute approximate surface area is 83.5 Å². The van der Waals surface area contributed by atoms with E-state index in [0.717, 1.165) is 31.6 Å². The van der Waals surface area contributed by atoms with Gasteiger partial charge in [0.15, 0.2) is 0 Å². The van der Waals surface area contributed by atoms with Crippen LogP contribution < -0.4 is 5.73 Å². The van der Waals surface area contributed by atoms with Crippen LogP contribution >= 0.6 is 0 Å². The van der Waals surface area contributed by atoms with Gasteiger partial charge in [-0.2, -0.15) is 0 Å². The van der Waals surface area contributed by atoms with Gasteiger partial charge in [-0.05, 0) is 18.8 Å². The Hall–Kier alpha value is -1.00. The average Bonchev–Trinajstić information content (AvgIpc) is 2.30. The number of aromatic nitrogens is 2. The van der Waals surface area contributed by atoms with Gasteiger partial charge in [-0.3, -0.25) is 0 Å². The molecule has 1 aromatic rings. The lowest BCUT2D eigenvalue weighted by Gasteiger charge is -2.27. The molecule has 1 fully saturated rings. The van der Waals surface area contributed by atoms with Gasteiger partial charge in [0, 0.05) is 37.2 Å². The highest BCUT2D eigenvalue weighted by Crippen LogP contribution is 2.26. The molecule has 4 heteroatoms. The zero-order chi connectivity index (χ0) is 9.80. The summed E-state index contributed by atoms with van der Waals surface area (Å²) in [4.78, 5) is 7.96. The first kappa shape index (κ1) is 9.55. The maximum Gasteiger partial charge on any atom is 0.115 e. The van der Waals surface area contributed by atoms with Crippen LogP contribution in [0.3, 0.4) is 0 Å². The summed E-state index contributed by atoms with van der Waals surface area (Å²) in [5.74, 6) is 0.509. The Morgan fingerprint density at radius 1 is 1.29 bits per heavy atom. The third kappa shape index (κ3) is 2.08. The predicted octanol–water partition coefficient (Wildman–Crippen LogP) is 0.903. The first-order valence-electron chi connectivity index (χ1n) is 4.96. The van der Waals surface area contributed by atoms with Crippen molar-refractivity contribution < 1.29 is 4.74 Å². The summed E-state index contributed by atoms with van der Waals surface area (Å²) in [5.41, 5.74) is 7.16. The fourth-order valence-corrected chi connectivity index (χ4v) is 1.83. The standard InChI is InChI=1S/C10H15N3O/c11-10(8-1-3-14-4-2-8)9-5-12-7-13-6-9/h5-8,10H,1-4,11H2. The van der Waals surface area contributed by atoms with Crippen molar-refractivity contribution in [3.63, 3.8) is 0 Å². The summed E-state index contributed by atoms with van der Waals surface area (Å²) in [6, 6.07) is 0.0556. The van der Waals surface area contributed by atoms with Crippen molar-refractivity contribution in [1.82, 2.24) is 9.97 Å². The summed E-state index contributed by atoms with van der Waals surface area (Å²) >= 11 is 0. The van der Waals surface area contributed by atoms with Crippen molar-refractivity contribution in [2.45, 2.75) is 18.9 Å². The maximum atomic E-state index is 6.13. The van der Waals surface area contributed by atoms with Crippen molar-refractivity contribution in [1.29, 1.82) is 0 Å². The SMILES string of the molecule is NC(c1cncnc1)C1CCOCC1. The number of nitrogens with zero attached hydrogens (tertiary/aromatic N) is 2. The van der Waals surface area contributed by atoms with Gasteiger partial charge in [0.2, 0.25) is 0 Å². The van der Waals surface area contributed by atoms with E-state index in [1.54, 1.807) is 12.4 Å². The van der Waals surface area contributed by atoms with E-state index in [1.807, 2.05) is 0 Å². The van der Waals surface area contributed by atoms with Gasteiger partial charge >= 0.3 is 0 Å². The molecule has 4 nitrogen and oxygen atoms in total. The summed E-state index contributed by atoms with van der Waals surface area (Å²) in [5, 5.41) is 0. The Balaban J connectivity index is 2.03. The van der Waals surface area contributed by atoms with Crippen molar-refractivity contribution in [3.8, 4) is 0 Å². The second kappa shape index (κ2) is 4.48. The highest BCUT2D eigenvalue weighted by atomic mass is 16.5. The molecule has 1 aliphatic heterocycles. The minimum absolute atomic E-state index is 0.0556. The number of rotatable bonds is 2. The van der Waals surface area contributed by atoms with Gasteiger partial charge < -0.3 is 10.5 Å². The third-order valence-corrected chi connectivity index (χ3v) is 2.74. The van der Waals surface area contributed by atoms with Crippen LogP contribution in [-0.4, -0.2) is 23.2 Å². The van der Waals surface area contributed by atoms with E-state index in [4.69, 9.17) is 10.5 Å². The van der Waals surface area contributed by atoms with Gasteiger partial charge in [0.1, 0.15) is 6.33 Å². The minimum Gasteiger partial charge on any atom is -0.381 e. The smallest absolute Gasteiger partial charge is 0.115 e.